The molecule has 0 aliphatic heterocycles. The maximum absolute atomic E-state index is 2.45. The fourth-order valence-corrected chi connectivity index (χ4v) is 11.8. The Morgan fingerprint density at radius 1 is 0.261 bits per heavy atom. The average molecular weight is 880 g/mol. The summed E-state index contributed by atoms with van der Waals surface area (Å²) < 4.78 is 0. The summed E-state index contributed by atoms with van der Waals surface area (Å²) in [4.78, 5) is 2.40. The van der Waals surface area contributed by atoms with Crippen molar-refractivity contribution in [2.75, 3.05) is 4.90 Å². The van der Waals surface area contributed by atoms with Gasteiger partial charge >= 0.3 is 0 Å². The van der Waals surface area contributed by atoms with E-state index in [1.165, 1.54) is 99.8 Å². The minimum absolute atomic E-state index is 0.0569. The summed E-state index contributed by atoms with van der Waals surface area (Å²) in [6, 6.07) is 96.7. The highest BCUT2D eigenvalue weighted by atomic mass is 15.1. The van der Waals surface area contributed by atoms with Crippen LogP contribution in [0.2, 0.25) is 0 Å². The minimum Gasteiger partial charge on any atom is -0.310 e. The van der Waals surface area contributed by atoms with Crippen molar-refractivity contribution < 1.29 is 0 Å². The lowest BCUT2D eigenvalue weighted by Gasteiger charge is -2.34. The van der Waals surface area contributed by atoms with Crippen LogP contribution in [0.1, 0.15) is 47.2 Å². The van der Waals surface area contributed by atoms with E-state index in [1.807, 2.05) is 0 Å². The molecule has 11 aromatic rings. The monoisotopic (exact) mass is 879 g/mol. The molecular weight excluding hydrogens is 831 g/mol. The van der Waals surface area contributed by atoms with E-state index in [2.05, 4.69) is 280 Å². The van der Waals surface area contributed by atoms with Crippen LogP contribution in [-0.2, 0) is 10.8 Å². The second-order valence-electron chi connectivity index (χ2n) is 19.3. The van der Waals surface area contributed by atoms with Gasteiger partial charge in [-0.2, -0.15) is 0 Å². The number of hydrogen-bond donors (Lipinski definition) is 0. The second kappa shape index (κ2) is 16.1. The smallest absolute Gasteiger partial charge is 0.0713 e. The van der Waals surface area contributed by atoms with Gasteiger partial charge in [0, 0.05) is 22.5 Å². The van der Waals surface area contributed by atoms with Crippen LogP contribution in [0.4, 0.5) is 17.1 Å². The zero-order valence-electron chi connectivity index (χ0n) is 38.8. The van der Waals surface area contributed by atoms with Gasteiger partial charge in [-0.05, 0) is 154 Å². The molecule has 2 aliphatic carbocycles. The van der Waals surface area contributed by atoms with Crippen molar-refractivity contribution in [1.82, 2.24) is 0 Å². The van der Waals surface area contributed by atoms with Crippen molar-refractivity contribution in [2.24, 2.45) is 0 Å². The van der Waals surface area contributed by atoms with Gasteiger partial charge < -0.3 is 4.90 Å². The molecule has 69 heavy (non-hydrogen) atoms. The molecule has 0 radical (unpaired) electrons. The predicted molar refractivity (Wildman–Crippen MR) is 290 cm³/mol. The normalized spacial score (nSPS) is 13.6. The van der Waals surface area contributed by atoms with Crippen molar-refractivity contribution in [3.05, 3.63) is 294 Å². The molecule has 0 aromatic heterocycles. The Morgan fingerprint density at radius 3 is 1.35 bits per heavy atom. The fraction of sp³-hybridized carbons (Fsp3) is 0.0588. The van der Waals surface area contributed by atoms with E-state index in [-0.39, 0.29) is 5.41 Å². The molecule has 13 rings (SSSR count). The Kier molecular flexibility index (Phi) is 9.49. The summed E-state index contributed by atoms with van der Waals surface area (Å²) in [7, 11) is 0. The third-order valence-electron chi connectivity index (χ3n) is 15.1. The maximum Gasteiger partial charge on any atom is 0.0713 e. The van der Waals surface area contributed by atoms with E-state index in [0.717, 1.165) is 17.1 Å². The van der Waals surface area contributed by atoms with Crippen molar-refractivity contribution >= 4 is 27.8 Å². The first-order valence-electron chi connectivity index (χ1n) is 24.2. The highest BCUT2D eigenvalue weighted by molar-refractivity contribution is 5.91. The molecule has 0 saturated heterocycles. The Balaban J connectivity index is 0.906. The highest BCUT2D eigenvalue weighted by Crippen LogP contribution is 2.57. The number of benzene rings is 11. The molecule has 0 bridgehead atoms. The maximum atomic E-state index is 2.45. The average Bonchev–Trinajstić information content (AvgIpc) is 3.84. The molecule has 0 fully saturated rings. The van der Waals surface area contributed by atoms with Crippen molar-refractivity contribution in [3.8, 4) is 55.6 Å². The molecular formula is C68H49N. The van der Waals surface area contributed by atoms with Gasteiger partial charge in [-0.15, -0.1) is 0 Å². The predicted octanol–water partition coefficient (Wildman–Crippen LogP) is 18.0. The van der Waals surface area contributed by atoms with Crippen molar-refractivity contribution in [1.29, 1.82) is 0 Å². The molecule has 0 saturated carbocycles. The third-order valence-corrected chi connectivity index (χ3v) is 15.1. The summed E-state index contributed by atoms with van der Waals surface area (Å²) >= 11 is 0. The largest absolute Gasteiger partial charge is 0.310 e. The summed E-state index contributed by atoms with van der Waals surface area (Å²) in [5.41, 5.74) is 23.2. The van der Waals surface area contributed by atoms with Gasteiger partial charge in [-0.3, -0.25) is 0 Å². The SMILES string of the molecule is CC1(C)c2ccccc2-c2ccc(-c3ccc(N(c4ccc(-c5ccc6c(c5)C(c5ccccc5)(c5ccccc5)c5ccccc5-6)cc4)c4cccc(-c5ccc6ccccc6c5)c4)cc3)cc21. The van der Waals surface area contributed by atoms with Crippen LogP contribution in [0.3, 0.4) is 0 Å². The van der Waals surface area contributed by atoms with Crippen molar-refractivity contribution in [3.63, 3.8) is 0 Å². The molecule has 0 heterocycles. The molecule has 1 nitrogen and oxygen atoms in total. The van der Waals surface area contributed by atoms with Gasteiger partial charge in [0.25, 0.3) is 0 Å². The molecule has 2 aliphatic rings. The molecule has 0 amide bonds. The molecule has 1 heteroatoms. The zero-order valence-corrected chi connectivity index (χ0v) is 38.8. The number of nitrogens with zero attached hydrogens (tertiary/aromatic N) is 1. The number of hydrogen-bond acceptors (Lipinski definition) is 1. The first kappa shape index (κ1) is 40.7. The van der Waals surface area contributed by atoms with Crippen LogP contribution in [0.25, 0.3) is 66.4 Å². The van der Waals surface area contributed by atoms with Gasteiger partial charge in [0.2, 0.25) is 0 Å². The molecule has 0 spiro atoms. The lowest BCUT2D eigenvalue weighted by atomic mass is 9.67. The summed E-state index contributed by atoms with van der Waals surface area (Å²) in [6.45, 7) is 4.71. The standard InChI is InChI=1S/C68H49N/c1-67(2)63-26-13-11-24-59(63)61-40-34-52(44-65(61)67)47-30-36-56(37-31-47)69(58-23-15-18-50(43-58)51-29-28-46-16-9-10-17-49(46)42-51)57-38-32-48(33-39-57)53-35-41-62-60-25-12-14-27-64(60)68(66(62)45-53,54-19-5-3-6-20-54)55-21-7-4-8-22-55/h3-45H,1-2H3. The number of anilines is 3. The second-order valence-corrected chi connectivity index (χ2v) is 19.3. The minimum atomic E-state index is -0.454. The fourth-order valence-electron chi connectivity index (χ4n) is 11.8. The van der Waals surface area contributed by atoms with Crippen LogP contribution in [0.5, 0.6) is 0 Å². The Bertz CT molecular complexity index is 3690. The van der Waals surface area contributed by atoms with Gasteiger partial charge in [-0.1, -0.05) is 220 Å². The first-order valence-corrected chi connectivity index (χ1v) is 24.2. The third kappa shape index (κ3) is 6.53. The first-order chi connectivity index (χ1) is 33.9. The van der Waals surface area contributed by atoms with Gasteiger partial charge in [0.05, 0.1) is 5.41 Å². The summed E-state index contributed by atoms with van der Waals surface area (Å²) in [6.07, 6.45) is 0. The van der Waals surface area contributed by atoms with E-state index >= 15 is 0 Å². The lowest BCUT2D eigenvalue weighted by molar-refractivity contribution is 0.660. The molecule has 11 aromatic carbocycles. The van der Waals surface area contributed by atoms with Gasteiger partial charge in [0.1, 0.15) is 0 Å². The zero-order chi connectivity index (χ0) is 46.1. The van der Waals surface area contributed by atoms with E-state index in [4.69, 9.17) is 0 Å². The quantitative estimate of drug-likeness (QED) is 0.147. The summed E-state index contributed by atoms with van der Waals surface area (Å²) in [5, 5.41) is 2.48. The van der Waals surface area contributed by atoms with Crippen LogP contribution in [0.15, 0.2) is 261 Å². The summed E-state index contributed by atoms with van der Waals surface area (Å²) in [5.74, 6) is 0. The Morgan fingerprint density at radius 2 is 0.710 bits per heavy atom. The highest BCUT2D eigenvalue weighted by Gasteiger charge is 2.46. The Labute approximate surface area is 405 Å². The number of rotatable bonds is 8. The molecule has 0 atom stereocenters. The van der Waals surface area contributed by atoms with Crippen LogP contribution in [-0.4, -0.2) is 0 Å². The Hall–Kier alpha value is -8.52. The number of fused-ring (bicyclic) bond motifs is 7. The van der Waals surface area contributed by atoms with E-state index < -0.39 is 5.41 Å². The van der Waals surface area contributed by atoms with Gasteiger partial charge in [-0.25, -0.2) is 0 Å². The van der Waals surface area contributed by atoms with Gasteiger partial charge in [0.15, 0.2) is 0 Å². The molecule has 0 unspecified atom stereocenters. The van der Waals surface area contributed by atoms with Crippen molar-refractivity contribution in [2.45, 2.75) is 24.7 Å². The molecule has 0 N–H and O–H groups in total. The van der Waals surface area contributed by atoms with Crippen LogP contribution in [0, 0.1) is 0 Å². The van der Waals surface area contributed by atoms with E-state index in [0.29, 0.717) is 0 Å². The van der Waals surface area contributed by atoms with E-state index in [1.54, 1.807) is 0 Å². The van der Waals surface area contributed by atoms with Crippen LogP contribution < -0.4 is 4.90 Å². The lowest BCUT2D eigenvalue weighted by Crippen LogP contribution is -2.28. The topological polar surface area (TPSA) is 3.24 Å². The van der Waals surface area contributed by atoms with E-state index in [9.17, 15) is 0 Å². The molecule has 326 valence electrons. The van der Waals surface area contributed by atoms with Crippen LogP contribution >= 0.6 is 0 Å².